The molecule has 22 heavy (non-hydrogen) atoms. The van der Waals surface area contributed by atoms with Crippen LogP contribution in [0.5, 0.6) is 11.5 Å². The normalized spacial score (nSPS) is 14.9. The third-order valence-corrected chi connectivity index (χ3v) is 3.92. The van der Waals surface area contributed by atoms with E-state index in [4.69, 9.17) is 9.47 Å². The fraction of sp³-hybridized carbons (Fsp3) is 0.562. The number of rotatable bonds is 5. The number of piperidine rings is 1. The molecule has 0 aromatic heterocycles. The molecule has 6 heteroatoms. The molecule has 0 atom stereocenters. The van der Waals surface area contributed by atoms with E-state index in [1.54, 1.807) is 7.11 Å². The quantitative estimate of drug-likeness (QED) is 0.898. The van der Waals surface area contributed by atoms with Crippen LogP contribution in [0.1, 0.15) is 18.4 Å². The molecule has 1 aliphatic heterocycles. The Bertz CT molecular complexity index is 490. The van der Waals surface area contributed by atoms with Crippen molar-refractivity contribution < 1.29 is 14.3 Å². The molecular weight excluding hydrogens is 304 g/mol. The molecule has 2 rings (SSSR count). The lowest BCUT2D eigenvalue weighted by Gasteiger charge is -2.31. The van der Waals surface area contributed by atoms with Crippen molar-refractivity contribution in [2.24, 2.45) is 0 Å². The van der Waals surface area contributed by atoms with Crippen LogP contribution in [0.2, 0.25) is 0 Å². The number of carbonyl (C=O) groups excluding carboxylic acids is 1. The van der Waals surface area contributed by atoms with Gasteiger partial charge in [0, 0.05) is 13.1 Å². The maximum atomic E-state index is 12.2. The number of hydrogen-bond donors (Lipinski definition) is 1. The zero-order valence-electron chi connectivity index (χ0n) is 13.4. The number of hydrogen-bond acceptors (Lipinski definition) is 4. The Kier molecular flexibility index (Phi) is 7.48. The highest BCUT2D eigenvalue weighted by Crippen LogP contribution is 2.27. The van der Waals surface area contributed by atoms with Crippen molar-refractivity contribution in [3.8, 4) is 11.5 Å². The number of ether oxygens (including phenoxy) is 2. The average Bonchev–Trinajstić information content (AvgIpc) is 2.53. The van der Waals surface area contributed by atoms with Gasteiger partial charge in [-0.05, 0) is 50.6 Å². The number of amides is 1. The van der Waals surface area contributed by atoms with E-state index in [1.807, 2.05) is 37.1 Å². The summed E-state index contributed by atoms with van der Waals surface area (Å²) in [6, 6.07) is 5.99. The van der Waals surface area contributed by atoms with E-state index in [0.717, 1.165) is 31.5 Å². The molecule has 0 spiro atoms. The van der Waals surface area contributed by atoms with Crippen molar-refractivity contribution in [3.05, 3.63) is 23.8 Å². The van der Waals surface area contributed by atoms with Gasteiger partial charge >= 0.3 is 0 Å². The molecule has 1 aromatic rings. The Morgan fingerprint density at radius 3 is 2.64 bits per heavy atom. The maximum absolute atomic E-state index is 12.2. The molecule has 1 amide bonds. The van der Waals surface area contributed by atoms with Gasteiger partial charge in [0.2, 0.25) is 0 Å². The first-order chi connectivity index (χ1) is 10.1. The largest absolute Gasteiger partial charge is 0.493 e. The lowest BCUT2D eigenvalue weighted by molar-refractivity contribution is -0.134. The first-order valence-electron chi connectivity index (χ1n) is 7.35. The Morgan fingerprint density at radius 1 is 1.32 bits per heavy atom. The number of nitrogens with one attached hydrogen (secondary N) is 1. The average molecular weight is 329 g/mol. The smallest absolute Gasteiger partial charge is 0.260 e. The van der Waals surface area contributed by atoms with Gasteiger partial charge in [-0.1, -0.05) is 6.07 Å². The van der Waals surface area contributed by atoms with Crippen molar-refractivity contribution in [2.75, 3.05) is 33.9 Å². The lowest BCUT2D eigenvalue weighted by Crippen LogP contribution is -2.45. The molecule has 124 valence electrons. The van der Waals surface area contributed by atoms with Gasteiger partial charge in [0.15, 0.2) is 18.1 Å². The van der Waals surface area contributed by atoms with E-state index >= 15 is 0 Å². The van der Waals surface area contributed by atoms with Crippen LogP contribution in [0.25, 0.3) is 0 Å². The predicted octanol–water partition coefficient (Wildman–Crippen LogP) is 2.01. The molecule has 1 fully saturated rings. The first kappa shape index (κ1) is 18.6. The van der Waals surface area contributed by atoms with Crippen LogP contribution in [-0.4, -0.2) is 50.7 Å². The van der Waals surface area contributed by atoms with Gasteiger partial charge in [-0.25, -0.2) is 0 Å². The second-order valence-corrected chi connectivity index (χ2v) is 5.43. The van der Waals surface area contributed by atoms with Gasteiger partial charge < -0.3 is 19.7 Å². The molecule has 1 N–H and O–H groups in total. The van der Waals surface area contributed by atoms with Crippen LogP contribution in [0, 0.1) is 6.92 Å². The molecular formula is C16H25ClN2O3. The molecule has 0 bridgehead atoms. The van der Waals surface area contributed by atoms with Gasteiger partial charge in [-0.15, -0.1) is 12.4 Å². The molecule has 1 aliphatic rings. The summed E-state index contributed by atoms with van der Waals surface area (Å²) < 4.78 is 10.9. The third kappa shape index (κ3) is 4.78. The maximum Gasteiger partial charge on any atom is 0.260 e. The highest BCUT2D eigenvalue weighted by atomic mass is 35.5. The highest BCUT2D eigenvalue weighted by molar-refractivity contribution is 5.85. The van der Waals surface area contributed by atoms with E-state index in [1.165, 1.54) is 0 Å². The second kappa shape index (κ2) is 8.86. The molecule has 1 aromatic carbocycles. The van der Waals surface area contributed by atoms with Crippen LogP contribution in [0.15, 0.2) is 18.2 Å². The number of aryl methyl sites for hydroxylation is 1. The van der Waals surface area contributed by atoms with Crippen LogP contribution in [0.3, 0.4) is 0 Å². The minimum Gasteiger partial charge on any atom is -0.493 e. The number of methoxy groups -OCH3 is 1. The summed E-state index contributed by atoms with van der Waals surface area (Å²) in [6.45, 7) is 3.96. The lowest BCUT2D eigenvalue weighted by atomic mass is 10.1. The topological polar surface area (TPSA) is 50.8 Å². The summed E-state index contributed by atoms with van der Waals surface area (Å²) in [5, 5.41) is 3.30. The third-order valence-electron chi connectivity index (χ3n) is 3.92. The first-order valence-corrected chi connectivity index (χ1v) is 7.35. The fourth-order valence-electron chi connectivity index (χ4n) is 2.53. The monoisotopic (exact) mass is 328 g/mol. The standard InChI is InChI=1S/C16H24N2O3.ClH/c1-12-4-5-14(15(10-12)20-3)21-11-16(19)18(2)13-6-8-17-9-7-13;/h4-5,10,13,17H,6-9,11H2,1-3H3;1H. The van der Waals surface area contributed by atoms with E-state index in [0.29, 0.717) is 17.5 Å². The molecule has 5 nitrogen and oxygen atoms in total. The minimum atomic E-state index is 0. The summed E-state index contributed by atoms with van der Waals surface area (Å²) in [6.07, 6.45) is 1.99. The van der Waals surface area contributed by atoms with Gasteiger partial charge in [-0.2, -0.15) is 0 Å². The zero-order chi connectivity index (χ0) is 15.2. The van der Waals surface area contributed by atoms with Crippen LogP contribution in [0.4, 0.5) is 0 Å². The van der Waals surface area contributed by atoms with Crippen LogP contribution < -0.4 is 14.8 Å². The van der Waals surface area contributed by atoms with Gasteiger partial charge in [0.25, 0.3) is 5.91 Å². The SMILES string of the molecule is COc1cc(C)ccc1OCC(=O)N(C)C1CCNCC1.Cl. The van der Waals surface area contributed by atoms with E-state index in [9.17, 15) is 4.79 Å². The number of benzene rings is 1. The molecule has 1 saturated heterocycles. The molecule has 0 aliphatic carbocycles. The number of halogens is 1. The number of nitrogens with zero attached hydrogens (tertiary/aromatic N) is 1. The van der Waals surface area contributed by atoms with Crippen LogP contribution in [-0.2, 0) is 4.79 Å². The Balaban J connectivity index is 0.00000242. The van der Waals surface area contributed by atoms with E-state index in [2.05, 4.69) is 5.32 Å². The van der Waals surface area contributed by atoms with Crippen molar-refractivity contribution >= 4 is 18.3 Å². The molecule has 0 unspecified atom stereocenters. The number of carbonyl (C=O) groups is 1. The Morgan fingerprint density at radius 2 is 2.00 bits per heavy atom. The van der Waals surface area contributed by atoms with E-state index in [-0.39, 0.29) is 24.9 Å². The molecule has 0 saturated carbocycles. The number of likely N-dealkylation sites (N-methyl/N-ethyl adjacent to an activating group) is 1. The van der Waals surface area contributed by atoms with Crippen molar-refractivity contribution in [1.29, 1.82) is 0 Å². The Labute approximate surface area is 138 Å². The van der Waals surface area contributed by atoms with Crippen molar-refractivity contribution in [3.63, 3.8) is 0 Å². The van der Waals surface area contributed by atoms with Crippen molar-refractivity contribution in [1.82, 2.24) is 10.2 Å². The van der Waals surface area contributed by atoms with Crippen molar-refractivity contribution in [2.45, 2.75) is 25.8 Å². The minimum absolute atomic E-state index is 0. The van der Waals surface area contributed by atoms with Gasteiger partial charge in [0.1, 0.15) is 0 Å². The summed E-state index contributed by atoms with van der Waals surface area (Å²) in [7, 11) is 3.46. The molecule has 0 radical (unpaired) electrons. The van der Waals surface area contributed by atoms with Gasteiger partial charge in [0.05, 0.1) is 7.11 Å². The Hall–Kier alpha value is -1.46. The van der Waals surface area contributed by atoms with E-state index < -0.39 is 0 Å². The van der Waals surface area contributed by atoms with Gasteiger partial charge in [-0.3, -0.25) is 4.79 Å². The summed E-state index contributed by atoms with van der Waals surface area (Å²) in [5.74, 6) is 1.27. The predicted molar refractivity (Wildman–Crippen MR) is 89.1 cm³/mol. The summed E-state index contributed by atoms with van der Waals surface area (Å²) >= 11 is 0. The summed E-state index contributed by atoms with van der Waals surface area (Å²) in [5.41, 5.74) is 1.09. The fourth-order valence-corrected chi connectivity index (χ4v) is 2.53. The summed E-state index contributed by atoms with van der Waals surface area (Å²) in [4.78, 5) is 14.0. The zero-order valence-corrected chi connectivity index (χ0v) is 14.2. The molecule has 1 heterocycles. The second-order valence-electron chi connectivity index (χ2n) is 5.43. The van der Waals surface area contributed by atoms with Crippen LogP contribution >= 0.6 is 12.4 Å². The highest BCUT2D eigenvalue weighted by Gasteiger charge is 2.22.